The molecule has 2 atom stereocenters. The summed E-state index contributed by atoms with van der Waals surface area (Å²) in [6, 6.07) is 15.2. The van der Waals surface area contributed by atoms with E-state index in [4.69, 9.17) is 16.3 Å². The van der Waals surface area contributed by atoms with E-state index in [0.29, 0.717) is 27.5 Å². The fourth-order valence-electron chi connectivity index (χ4n) is 7.86. The van der Waals surface area contributed by atoms with Gasteiger partial charge in [0, 0.05) is 35.4 Å². The van der Waals surface area contributed by atoms with Crippen LogP contribution >= 0.6 is 11.6 Å². The smallest absolute Gasteiger partial charge is 0.257 e. The number of hydrogen-bond donors (Lipinski definition) is 1. The second-order valence-electron chi connectivity index (χ2n) is 14.7. The van der Waals surface area contributed by atoms with Crippen molar-refractivity contribution in [3.8, 4) is 6.07 Å². The van der Waals surface area contributed by atoms with Crippen molar-refractivity contribution in [1.82, 2.24) is 19.4 Å². The SMILES string of the molecule is BC(B)(B)C1(C(B)(B)O[C@]2(c3ccc(Cl)cc3)c3c(F)cc(C(O)(CC)c4cn(C)cn4)cc3C(=O)N2Cc2ccc(C#N)cn2)CC1. The summed E-state index contributed by atoms with van der Waals surface area (Å²) < 4.78 is 26.3. The molecule has 1 amide bonds. The molecule has 0 radical (unpaired) electrons. The van der Waals surface area contributed by atoms with Gasteiger partial charge in [0.2, 0.25) is 0 Å². The first kappa shape index (κ1) is 34.1. The highest BCUT2D eigenvalue weighted by Crippen LogP contribution is 2.66. The summed E-state index contributed by atoms with van der Waals surface area (Å²) in [4.78, 5) is 25.2. The molecule has 2 aromatic heterocycles. The van der Waals surface area contributed by atoms with Crippen LogP contribution in [0, 0.1) is 22.6 Å². The lowest BCUT2D eigenvalue weighted by Gasteiger charge is -2.51. The van der Waals surface area contributed by atoms with E-state index in [1.165, 1.54) is 17.2 Å². The number of rotatable bonds is 10. The van der Waals surface area contributed by atoms with Gasteiger partial charge in [-0.15, -0.1) is 5.11 Å². The van der Waals surface area contributed by atoms with Crippen LogP contribution in [0.3, 0.4) is 0 Å². The van der Waals surface area contributed by atoms with E-state index in [0.717, 1.165) is 12.8 Å². The molecule has 1 aliphatic heterocycles. The number of nitriles is 1. The molecule has 240 valence electrons. The molecule has 8 nitrogen and oxygen atoms in total. The molecule has 0 spiro atoms. The lowest BCUT2D eigenvalue weighted by molar-refractivity contribution is -0.159. The van der Waals surface area contributed by atoms with Crippen molar-refractivity contribution in [2.45, 2.75) is 54.6 Å². The molecule has 2 aromatic carbocycles. The summed E-state index contributed by atoms with van der Waals surface area (Å²) >= 11 is 6.37. The first-order valence-electron chi connectivity index (χ1n) is 16.2. The number of nitrogens with zero attached hydrogens (tertiary/aromatic N) is 5. The van der Waals surface area contributed by atoms with Gasteiger partial charge in [0.15, 0.2) is 5.72 Å². The first-order chi connectivity index (χ1) is 22.5. The molecule has 48 heavy (non-hydrogen) atoms. The van der Waals surface area contributed by atoms with Crippen LogP contribution in [-0.2, 0) is 29.7 Å². The van der Waals surface area contributed by atoms with Crippen molar-refractivity contribution < 1.29 is 19.0 Å². The van der Waals surface area contributed by atoms with Gasteiger partial charge in [0.25, 0.3) is 5.91 Å². The molecular formula is C33H36B5ClFN5O3. The molecule has 1 saturated carbocycles. The average Bonchev–Trinajstić information content (AvgIpc) is 3.73. The molecule has 0 saturated heterocycles. The third-order valence-corrected chi connectivity index (χ3v) is 10.9. The number of imidazole rings is 1. The molecule has 0 bridgehead atoms. The lowest BCUT2D eigenvalue weighted by Crippen LogP contribution is -2.59. The fourth-order valence-corrected chi connectivity index (χ4v) is 7.98. The van der Waals surface area contributed by atoms with E-state index in [-0.39, 0.29) is 40.2 Å². The molecule has 1 N–H and O–H groups in total. The Labute approximate surface area is 290 Å². The number of carbonyl (C=O) groups excluding carboxylic acids is 1. The molecule has 15 heteroatoms. The van der Waals surface area contributed by atoms with E-state index in [2.05, 4.69) is 39.6 Å². The molecular weight excluding hydrogens is 623 g/mol. The van der Waals surface area contributed by atoms with Gasteiger partial charge >= 0.3 is 0 Å². The topological polar surface area (TPSA) is 104 Å². The molecule has 1 unspecified atom stereocenters. The van der Waals surface area contributed by atoms with Crippen LogP contribution in [-0.4, -0.2) is 75.1 Å². The Hall–Kier alpha value is -3.78. The van der Waals surface area contributed by atoms with Gasteiger partial charge in [0.1, 0.15) is 33.2 Å². The number of aryl methyl sites for hydroxylation is 1. The standard InChI is InChI=1S/C33H36B5ClFN5O3/c1-3-30(47,26-17-44(2)18-43-26)21-12-24-27(25(40)13-21)31(20-5-7-22(39)8-6-20,48-33(37,38)29(10-11-29)32(34,35)36)45(28(24)46)16-23-9-4-19(14-41)15-42-23/h4-9,12-13,15,17-18,47H,3,10-11,16,34-38H2,1-2H3/t30?,31-/m1/s1. The Bertz CT molecular complexity index is 1940. The van der Waals surface area contributed by atoms with Crippen molar-refractivity contribution >= 4 is 56.7 Å². The quantitative estimate of drug-likeness (QED) is 0.252. The van der Waals surface area contributed by atoms with Crippen LogP contribution in [0.1, 0.15) is 70.2 Å². The van der Waals surface area contributed by atoms with Crippen LogP contribution in [0.4, 0.5) is 4.39 Å². The van der Waals surface area contributed by atoms with Crippen molar-refractivity contribution in [2.75, 3.05) is 0 Å². The first-order valence-corrected chi connectivity index (χ1v) is 16.6. The van der Waals surface area contributed by atoms with E-state index in [1.807, 2.05) is 15.7 Å². The zero-order chi connectivity index (χ0) is 34.9. The third-order valence-electron chi connectivity index (χ3n) is 10.7. The highest BCUT2D eigenvalue weighted by Gasteiger charge is 2.65. The van der Waals surface area contributed by atoms with Gasteiger partial charge in [-0.05, 0) is 66.6 Å². The normalized spacial score (nSPS) is 19.8. The monoisotopic (exact) mass is 659 g/mol. The van der Waals surface area contributed by atoms with Crippen molar-refractivity contribution in [2.24, 2.45) is 12.5 Å². The van der Waals surface area contributed by atoms with Gasteiger partial charge < -0.3 is 14.4 Å². The largest absolute Gasteiger partial charge is 0.379 e. The highest BCUT2D eigenvalue weighted by atomic mass is 35.5. The Morgan fingerprint density at radius 1 is 1.10 bits per heavy atom. The minimum absolute atomic E-state index is 0.0481. The minimum atomic E-state index is -1.74. The summed E-state index contributed by atoms with van der Waals surface area (Å²) in [5.41, 5.74) is -1.58. The van der Waals surface area contributed by atoms with Crippen molar-refractivity contribution in [3.63, 3.8) is 0 Å². The summed E-state index contributed by atoms with van der Waals surface area (Å²) in [6.45, 7) is 1.74. The average molecular weight is 659 g/mol. The van der Waals surface area contributed by atoms with E-state index in [1.54, 1.807) is 73.5 Å². The van der Waals surface area contributed by atoms with Gasteiger partial charge in [-0.1, -0.05) is 30.7 Å². The van der Waals surface area contributed by atoms with Crippen LogP contribution in [0.25, 0.3) is 0 Å². The van der Waals surface area contributed by atoms with E-state index < -0.39 is 28.5 Å². The van der Waals surface area contributed by atoms with Crippen LogP contribution in [0.15, 0.2) is 67.3 Å². The minimum Gasteiger partial charge on any atom is -0.379 e. The molecule has 4 aromatic rings. The Morgan fingerprint density at radius 3 is 2.31 bits per heavy atom. The number of aliphatic hydroxyl groups is 1. The number of ether oxygens (including phenoxy) is 1. The molecule has 1 aliphatic carbocycles. The van der Waals surface area contributed by atoms with Crippen LogP contribution < -0.4 is 0 Å². The fraction of sp³-hybridized carbons (Fsp3) is 0.333. The Morgan fingerprint density at radius 2 is 1.79 bits per heavy atom. The zero-order valence-electron chi connectivity index (χ0n) is 28.4. The summed E-state index contributed by atoms with van der Waals surface area (Å²) in [6.07, 6.45) is 6.71. The molecule has 3 heterocycles. The number of aromatic nitrogens is 3. The van der Waals surface area contributed by atoms with Gasteiger partial charge in [-0.25, -0.2) is 9.37 Å². The maximum atomic E-state index is 17.2. The second-order valence-corrected chi connectivity index (χ2v) is 15.1. The predicted molar refractivity (Wildman–Crippen MR) is 195 cm³/mol. The number of halogens is 2. The summed E-state index contributed by atoms with van der Waals surface area (Å²) in [5.74, 6) is -1.18. The van der Waals surface area contributed by atoms with E-state index >= 15 is 4.39 Å². The summed E-state index contributed by atoms with van der Waals surface area (Å²) in [7, 11) is 12.4. The number of benzene rings is 2. The second kappa shape index (κ2) is 11.7. The lowest BCUT2D eigenvalue weighted by atomic mass is 9.30. The third kappa shape index (κ3) is 5.22. The number of pyridine rings is 1. The van der Waals surface area contributed by atoms with Gasteiger partial charge in [0.05, 0.1) is 64.5 Å². The number of fused-ring (bicyclic) bond motifs is 1. The zero-order valence-corrected chi connectivity index (χ0v) is 29.2. The molecule has 1 fully saturated rings. The van der Waals surface area contributed by atoms with Crippen LogP contribution in [0.2, 0.25) is 10.1 Å². The summed E-state index contributed by atoms with van der Waals surface area (Å²) in [5, 5.41) is 20.8. The Balaban J connectivity index is 1.63. The van der Waals surface area contributed by atoms with Crippen molar-refractivity contribution in [3.05, 3.63) is 117 Å². The Kier molecular flexibility index (Phi) is 8.30. The predicted octanol–water partition coefficient (Wildman–Crippen LogP) is 0.672. The van der Waals surface area contributed by atoms with Crippen molar-refractivity contribution in [1.29, 1.82) is 5.26 Å². The highest BCUT2D eigenvalue weighted by molar-refractivity contribution is 6.60. The van der Waals surface area contributed by atoms with Gasteiger partial charge in [-0.3, -0.25) is 14.7 Å². The number of amides is 1. The molecule has 2 aliphatic rings. The number of carbonyl (C=O) groups is 1. The number of hydrogen-bond acceptors (Lipinski definition) is 6. The maximum Gasteiger partial charge on any atom is 0.257 e. The van der Waals surface area contributed by atoms with Gasteiger partial charge in [-0.2, -0.15) is 5.26 Å². The molecule has 6 rings (SSSR count). The van der Waals surface area contributed by atoms with E-state index in [9.17, 15) is 15.2 Å². The van der Waals surface area contributed by atoms with Crippen LogP contribution in [0.5, 0.6) is 0 Å². The maximum absolute atomic E-state index is 17.2.